The number of hydrogen-bond donors (Lipinski definition) is 2. The first-order chi connectivity index (χ1) is 11.2. The molecule has 0 spiro atoms. The Balaban J connectivity index is 2.01. The molecule has 130 valence electrons. The van der Waals surface area contributed by atoms with Gasteiger partial charge in [0, 0.05) is 12.7 Å². The zero-order valence-electron chi connectivity index (χ0n) is 12.6. The molecular formula is C13H13ClF3N5OS. The summed E-state index contributed by atoms with van der Waals surface area (Å²) in [5.74, 6) is 0.515. The first-order valence-corrected chi connectivity index (χ1v) is 8.16. The predicted octanol–water partition coefficient (Wildman–Crippen LogP) is 3.53. The number of urea groups is 1. The summed E-state index contributed by atoms with van der Waals surface area (Å²) >= 11 is 6.92. The average molecular weight is 380 g/mol. The number of rotatable bonds is 4. The fourth-order valence-electron chi connectivity index (χ4n) is 1.83. The molecule has 2 N–H and O–H groups in total. The SMILES string of the molecule is CSc1nnc(CNC(=O)Nc2ccc(Cl)c(C(F)(F)F)c2)n1C. The summed E-state index contributed by atoms with van der Waals surface area (Å²) < 4.78 is 40.1. The van der Waals surface area contributed by atoms with Crippen LogP contribution in [0.15, 0.2) is 23.4 Å². The molecule has 0 atom stereocenters. The van der Waals surface area contributed by atoms with Crippen molar-refractivity contribution in [2.45, 2.75) is 17.9 Å². The number of halogens is 4. The number of nitrogens with one attached hydrogen (secondary N) is 2. The lowest BCUT2D eigenvalue weighted by atomic mass is 10.2. The molecule has 6 nitrogen and oxygen atoms in total. The largest absolute Gasteiger partial charge is 0.417 e. The smallest absolute Gasteiger partial charge is 0.331 e. The fraction of sp³-hybridized carbons (Fsp3) is 0.308. The Bertz CT molecular complexity index is 750. The minimum atomic E-state index is -4.60. The molecule has 2 rings (SSSR count). The van der Waals surface area contributed by atoms with E-state index in [1.807, 2.05) is 6.26 Å². The molecule has 2 aromatic rings. The second-order valence-corrected chi connectivity index (χ2v) is 5.84. The maximum absolute atomic E-state index is 12.8. The highest BCUT2D eigenvalue weighted by atomic mass is 35.5. The highest BCUT2D eigenvalue weighted by molar-refractivity contribution is 7.98. The lowest BCUT2D eigenvalue weighted by Crippen LogP contribution is -2.29. The summed E-state index contributed by atoms with van der Waals surface area (Å²) in [6, 6.07) is 2.47. The van der Waals surface area contributed by atoms with Crippen molar-refractivity contribution in [1.82, 2.24) is 20.1 Å². The molecule has 0 saturated carbocycles. The highest BCUT2D eigenvalue weighted by Crippen LogP contribution is 2.36. The summed E-state index contributed by atoms with van der Waals surface area (Å²) in [7, 11) is 1.75. The Morgan fingerprint density at radius 2 is 2.08 bits per heavy atom. The van der Waals surface area contributed by atoms with Crippen LogP contribution in [0.1, 0.15) is 11.4 Å². The minimum Gasteiger partial charge on any atom is -0.331 e. The summed E-state index contributed by atoms with van der Waals surface area (Å²) in [5, 5.41) is 12.9. The molecule has 0 bridgehead atoms. The summed E-state index contributed by atoms with van der Waals surface area (Å²) in [4.78, 5) is 11.8. The van der Waals surface area contributed by atoms with Crippen LogP contribution < -0.4 is 10.6 Å². The van der Waals surface area contributed by atoms with Crippen LogP contribution in [-0.4, -0.2) is 27.1 Å². The molecule has 0 aliphatic carbocycles. The first-order valence-electron chi connectivity index (χ1n) is 6.56. The second-order valence-electron chi connectivity index (χ2n) is 4.66. The van der Waals surface area contributed by atoms with Crippen molar-refractivity contribution in [3.05, 3.63) is 34.6 Å². The van der Waals surface area contributed by atoms with Crippen molar-refractivity contribution < 1.29 is 18.0 Å². The van der Waals surface area contributed by atoms with Crippen molar-refractivity contribution >= 4 is 35.1 Å². The molecule has 11 heteroatoms. The lowest BCUT2D eigenvalue weighted by Gasteiger charge is -2.12. The van der Waals surface area contributed by atoms with E-state index < -0.39 is 22.8 Å². The van der Waals surface area contributed by atoms with Gasteiger partial charge in [-0.25, -0.2) is 4.79 Å². The van der Waals surface area contributed by atoms with Crippen LogP contribution >= 0.6 is 23.4 Å². The molecule has 0 radical (unpaired) electrons. The molecule has 0 saturated heterocycles. The topological polar surface area (TPSA) is 71.8 Å². The van der Waals surface area contributed by atoms with Crippen molar-refractivity contribution in [2.75, 3.05) is 11.6 Å². The molecule has 1 aromatic heterocycles. The van der Waals surface area contributed by atoms with E-state index >= 15 is 0 Å². The van der Waals surface area contributed by atoms with E-state index in [-0.39, 0.29) is 12.2 Å². The monoisotopic (exact) mass is 379 g/mol. The van der Waals surface area contributed by atoms with E-state index in [9.17, 15) is 18.0 Å². The summed E-state index contributed by atoms with van der Waals surface area (Å²) in [5.41, 5.74) is -1.04. The quantitative estimate of drug-likeness (QED) is 0.797. The molecule has 1 aromatic carbocycles. The molecular weight excluding hydrogens is 367 g/mol. The zero-order valence-corrected chi connectivity index (χ0v) is 14.2. The molecule has 0 unspecified atom stereocenters. The number of carbonyl (C=O) groups excluding carboxylic acids is 1. The summed E-state index contributed by atoms with van der Waals surface area (Å²) in [6.07, 6.45) is -2.76. The van der Waals surface area contributed by atoms with Gasteiger partial charge in [0.15, 0.2) is 11.0 Å². The minimum absolute atomic E-state index is 0.0213. The molecule has 24 heavy (non-hydrogen) atoms. The van der Waals surface area contributed by atoms with Gasteiger partial charge in [0.1, 0.15) is 0 Å². The van der Waals surface area contributed by atoms with E-state index in [4.69, 9.17) is 11.6 Å². The third-order valence-corrected chi connectivity index (χ3v) is 4.09. The highest BCUT2D eigenvalue weighted by Gasteiger charge is 2.33. The Hall–Kier alpha value is -1.94. The van der Waals surface area contributed by atoms with Crippen LogP contribution in [-0.2, 0) is 19.8 Å². The third kappa shape index (κ3) is 4.32. The van der Waals surface area contributed by atoms with Crippen molar-refractivity contribution in [1.29, 1.82) is 0 Å². The maximum atomic E-state index is 12.8. The molecule has 0 aliphatic heterocycles. The second kappa shape index (κ2) is 7.31. The van der Waals surface area contributed by atoms with Gasteiger partial charge in [0.05, 0.1) is 17.1 Å². The predicted molar refractivity (Wildman–Crippen MR) is 85.1 cm³/mol. The van der Waals surface area contributed by atoms with Gasteiger partial charge in [-0.2, -0.15) is 13.2 Å². The van der Waals surface area contributed by atoms with Crippen LogP contribution in [0.5, 0.6) is 0 Å². The number of benzene rings is 1. The Morgan fingerprint density at radius 1 is 1.38 bits per heavy atom. The first kappa shape index (κ1) is 18.4. The van der Waals surface area contributed by atoms with Gasteiger partial charge < -0.3 is 15.2 Å². The number of alkyl halides is 3. The average Bonchev–Trinajstić information content (AvgIpc) is 2.86. The fourth-order valence-corrected chi connectivity index (χ4v) is 2.56. The number of thioether (sulfide) groups is 1. The number of aromatic nitrogens is 3. The summed E-state index contributed by atoms with van der Waals surface area (Å²) in [6.45, 7) is 0.0790. The van der Waals surface area contributed by atoms with Crippen LogP contribution in [0.4, 0.5) is 23.7 Å². The van der Waals surface area contributed by atoms with Crippen molar-refractivity contribution in [3.8, 4) is 0 Å². The van der Waals surface area contributed by atoms with Gasteiger partial charge >= 0.3 is 12.2 Å². The number of hydrogen-bond acceptors (Lipinski definition) is 4. The van der Waals surface area contributed by atoms with Gasteiger partial charge in [-0.05, 0) is 24.5 Å². The van der Waals surface area contributed by atoms with E-state index in [1.54, 1.807) is 11.6 Å². The van der Waals surface area contributed by atoms with Crippen LogP contribution in [0.25, 0.3) is 0 Å². The van der Waals surface area contributed by atoms with Crippen LogP contribution in [0.2, 0.25) is 5.02 Å². The Labute approximate surface area is 144 Å². The molecule has 0 fully saturated rings. The normalized spacial score (nSPS) is 11.4. The lowest BCUT2D eigenvalue weighted by molar-refractivity contribution is -0.137. The van der Waals surface area contributed by atoms with Gasteiger partial charge in [-0.1, -0.05) is 23.4 Å². The van der Waals surface area contributed by atoms with Gasteiger partial charge in [-0.3, -0.25) is 0 Å². The number of anilines is 1. The zero-order chi connectivity index (χ0) is 17.9. The van der Waals surface area contributed by atoms with E-state index in [2.05, 4.69) is 20.8 Å². The van der Waals surface area contributed by atoms with E-state index in [1.165, 1.54) is 17.8 Å². The molecule has 1 heterocycles. The van der Waals surface area contributed by atoms with Gasteiger partial charge in [-0.15, -0.1) is 10.2 Å². The van der Waals surface area contributed by atoms with Crippen molar-refractivity contribution in [2.24, 2.45) is 7.05 Å². The Morgan fingerprint density at radius 3 is 2.67 bits per heavy atom. The standard InChI is InChI=1S/C13H13ClF3N5OS/c1-22-10(20-21-12(22)24-2)6-18-11(23)19-7-3-4-9(14)8(5-7)13(15,16)17/h3-5H,6H2,1-2H3,(H2,18,19,23). The van der Waals surface area contributed by atoms with Crippen LogP contribution in [0.3, 0.4) is 0 Å². The molecule has 2 amide bonds. The van der Waals surface area contributed by atoms with E-state index in [0.29, 0.717) is 11.0 Å². The van der Waals surface area contributed by atoms with Crippen molar-refractivity contribution in [3.63, 3.8) is 0 Å². The van der Waals surface area contributed by atoms with E-state index in [0.717, 1.165) is 12.1 Å². The number of amides is 2. The molecule has 0 aliphatic rings. The van der Waals surface area contributed by atoms with Gasteiger partial charge in [0.2, 0.25) is 0 Å². The third-order valence-electron chi connectivity index (χ3n) is 3.04. The Kier molecular flexibility index (Phi) is 5.60. The van der Waals surface area contributed by atoms with Gasteiger partial charge in [0.25, 0.3) is 0 Å². The number of carbonyl (C=O) groups is 1. The number of nitrogens with zero attached hydrogens (tertiary/aromatic N) is 3. The van der Waals surface area contributed by atoms with Crippen LogP contribution in [0, 0.1) is 0 Å². The maximum Gasteiger partial charge on any atom is 0.417 e.